The van der Waals surface area contributed by atoms with E-state index in [2.05, 4.69) is 5.32 Å². The van der Waals surface area contributed by atoms with Crippen LogP contribution >= 0.6 is 19.2 Å². The second kappa shape index (κ2) is 11.0. The smallest absolute Gasteiger partial charge is 0.357 e. The van der Waals surface area contributed by atoms with Gasteiger partial charge in [0, 0.05) is 17.3 Å². The zero-order valence-electron chi connectivity index (χ0n) is 19.1. The molecular weight excluding hydrogens is 469 g/mol. The fraction of sp³-hybridized carbons (Fsp3) is 0.192. The van der Waals surface area contributed by atoms with Crippen LogP contribution in [0.5, 0.6) is 0 Å². The molecule has 1 aromatic heterocycles. The predicted molar refractivity (Wildman–Crippen MR) is 138 cm³/mol. The molecule has 0 aliphatic carbocycles. The van der Waals surface area contributed by atoms with E-state index in [1.54, 1.807) is 24.6 Å². The highest BCUT2D eigenvalue weighted by Gasteiger charge is 2.40. The van der Waals surface area contributed by atoms with Crippen LogP contribution in [0, 0.1) is 0 Å². The lowest BCUT2D eigenvalue weighted by atomic mass is 10.1. The van der Waals surface area contributed by atoms with Crippen molar-refractivity contribution in [3.05, 3.63) is 102 Å². The molecule has 34 heavy (non-hydrogen) atoms. The summed E-state index contributed by atoms with van der Waals surface area (Å²) in [6, 6.07) is 26.9. The quantitative estimate of drug-likeness (QED) is 0.230. The van der Waals surface area contributed by atoms with Crippen LogP contribution in [0.4, 0.5) is 5.69 Å². The molecule has 0 unspecified atom stereocenters. The SMILES string of the molecule is CCOP(=O)(OCC)[C@H](Nc1ccccc1Cl)c1cn(-c2ccccc2)nc1-c1ccccc1. The monoisotopic (exact) mass is 495 g/mol. The molecule has 0 aliphatic heterocycles. The Labute approximate surface area is 205 Å². The van der Waals surface area contributed by atoms with E-state index in [-0.39, 0.29) is 13.2 Å². The molecule has 176 valence electrons. The molecule has 4 rings (SSSR count). The highest BCUT2D eigenvalue weighted by atomic mass is 35.5. The molecule has 1 heterocycles. The third-order valence-corrected chi connectivity index (χ3v) is 7.81. The number of anilines is 1. The molecule has 0 amide bonds. The predicted octanol–water partition coefficient (Wildman–Crippen LogP) is 7.57. The van der Waals surface area contributed by atoms with Gasteiger partial charge in [0.05, 0.1) is 35.3 Å². The van der Waals surface area contributed by atoms with E-state index in [4.69, 9.17) is 25.7 Å². The van der Waals surface area contributed by atoms with Crippen LogP contribution in [0.2, 0.25) is 5.02 Å². The summed E-state index contributed by atoms with van der Waals surface area (Å²) in [4.78, 5) is 0. The van der Waals surface area contributed by atoms with Crippen molar-refractivity contribution in [2.45, 2.75) is 19.6 Å². The zero-order chi connectivity index (χ0) is 24.0. The fourth-order valence-corrected chi connectivity index (χ4v) is 5.83. The van der Waals surface area contributed by atoms with E-state index in [9.17, 15) is 4.57 Å². The van der Waals surface area contributed by atoms with E-state index < -0.39 is 13.4 Å². The van der Waals surface area contributed by atoms with Gasteiger partial charge in [-0.1, -0.05) is 72.3 Å². The number of hydrogen-bond acceptors (Lipinski definition) is 5. The molecule has 3 aromatic carbocycles. The standard InChI is InChI=1S/C26H27ClN3O3P/c1-3-32-34(31,33-4-2)26(28-24-18-12-11-17-23(24)27)22-19-30(21-15-9-6-10-16-21)29-25(22)20-13-7-5-8-14-20/h5-19,26,28H,3-4H2,1-2H3/t26-/m0/s1. The maximum Gasteiger partial charge on any atom is 0.357 e. The largest absolute Gasteiger partial charge is 0.367 e. The zero-order valence-corrected chi connectivity index (χ0v) is 20.7. The van der Waals surface area contributed by atoms with E-state index in [0.717, 1.165) is 11.3 Å². The summed E-state index contributed by atoms with van der Waals surface area (Å²) >= 11 is 6.46. The lowest BCUT2D eigenvalue weighted by molar-refractivity contribution is 0.214. The maximum absolute atomic E-state index is 14.2. The number of benzene rings is 3. The first kappa shape index (κ1) is 24.2. The van der Waals surface area contributed by atoms with Crippen molar-refractivity contribution in [2.24, 2.45) is 0 Å². The van der Waals surface area contributed by atoms with Crippen molar-refractivity contribution < 1.29 is 13.6 Å². The molecular formula is C26H27ClN3O3P. The van der Waals surface area contributed by atoms with Crippen LogP contribution in [0.3, 0.4) is 0 Å². The minimum Gasteiger partial charge on any atom is -0.367 e. The molecule has 0 fully saturated rings. The molecule has 1 N–H and O–H groups in total. The van der Waals surface area contributed by atoms with E-state index in [1.807, 2.05) is 85.1 Å². The van der Waals surface area contributed by atoms with Gasteiger partial charge in [-0.15, -0.1) is 0 Å². The molecule has 1 atom stereocenters. The Bertz CT molecular complexity index is 1250. The Morgan fingerprint density at radius 1 is 0.912 bits per heavy atom. The van der Waals surface area contributed by atoms with Crippen molar-refractivity contribution in [3.8, 4) is 16.9 Å². The Balaban J connectivity index is 1.93. The normalized spacial score (nSPS) is 12.4. The topological polar surface area (TPSA) is 65.4 Å². The van der Waals surface area contributed by atoms with Crippen molar-refractivity contribution in [2.75, 3.05) is 18.5 Å². The third-order valence-electron chi connectivity index (χ3n) is 5.21. The summed E-state index contributed by atoms with van der Waals surface area (Å²) in [5.74, 6) is -0.847. The number of halogens is 1. The summed E-state index contributed by atoms with van der Waals surface area (Å²) in [6.45, 7) is 4.05. The summed E-state index contributed by atoms with van der Waals surface area (Å²) in [6.07, 6.45) is 1.87. The Hall–Kier alpha value is -2.89. The van der Waals surface area contributed by atoms with Gasteiger partial charge < -0.3 is 14.4 Å². The maximum atomic E-state index is 14.2. The molecule has 0 aliphatic rings. The van der Waals surface area contributed by atoms with Gasteiger partial charge >= 0.3 is 7.60 Å². The van der Waals surface area contributed by atoms with Gasteiger partial charge in [0.25, 0.3) is 0 Å². The van der Waals surface area contributed by atoms with Gasteiger partial charge in [0.15, 0.2) is 5.78 Å². The van der Waals surface area contributed by atoms with Crippen LogP contribution in [-0.4, -0.2) is 23.0 Å². The molecule has 8 heteroatoms. The number of aromatic nitrogens is 2. The number of rotatable bonds is 10. The average Bonchev–Trinajstić information content (AvgIpc) is 3.30. The van der Waals surface area contributed by atoms with Crippen LogP contribution in [0.25, 0.3) is 16.9 Å². The molecule has 0 bridgehead atoms. The molecule has 0 saturated heterocycles. The number of nitrogens with one attached hydrogen (secondary N) is 1. The molecule has 0 radical (unpaired) electrons. The van der Waals surface area contributed by atoms with Gasteiger partial charge in [-0.05, 0) is 38.1 Å². The average molecular weight is 496 g/mol. The van der Waals surface area contributed by atoms with Gasteiger partial charge in [0.2, 0.25) is 0 Å². The first-order valence-corrected chi connectivity index (χ1v) is 13.1. The van der Waals surface area contributed by atoms with E-state index in [1.165, 1.54) is 0 Å². The number of hydrogen-bond donors (Lipinski definition) is 1. The second-order valence-corrected chi connectivity index (χ2v) is 10.0. The van der Waals surface area contributed by atoms with Crippen LogP contribution in [0.15, 0.2) is 91.1 Å². The van der Waals surface area contributed by atoms with Crippen molar-refractivity contribution in [1.82, 2.24) is 9.78 Å². The van der Waals surface area contributed by atoms with Crippen LogP contribution < -0.4 is 5.32 Å². The van der Waals surface area contributed by atoms with Crippen LogP contribution in [-0.2, 0) is 13.6 Å². The fourth-order valence-electron chi connectivity index (χ4n) is 3.72. The summed E-state index contributed by atoms with van der Waals surface area (Å²) in [7, 11) is -3.69. The minimum atomic E-state index is -3.69. The molecule has 0 spiro atoms. The summed E-state index contributed by atoms with van der Waals surface area (Å²) in [5.41, 5.74) is 3.75. The molecule has 4 aromatic rings. The minimum absolute atomic E-state index is 0.228. The van der Waals surface area contributed by atoms with Crippen molar-refractivity contribution in [1.29, 1.82) is 0 Å². The number of nitrogens with zero attached hydrogens (tertiary/aromatic N) is 2. The third kappa shape index (κ3) is 5.26. The van der Waals surface area contributed by atoms with E-state index >= 15 is 0 Å². The highest BCUT2D eigenvalue weighted by Crippen LogP contribution is 2.62. The Morgan fingerprint density at radius 3 is 2.12 bits per heavy atom. The van der Waals surface area contributed by atoms with Crippen molar-refractivity contribution >= 4 is 24.9 Å². The number of para-hydroxylation sites is 2. The Kier molecular flexibility index (Phi) is 7.86. The lowest BCUT2D eigenvalue weighted by Crippen LogP contribution is -2.16. The van der Waals surface area contributed by atoms with Gasteiger partial charge in [-0.25, -0.2) is 4.68 Å². The summed E-state index contributed by atoms with van der Waals surface area (Å²) < 4.78 is 27.5. The molecule has 0 saturated carbocycles. The van der Waals surface area contributed by atoms with Crippen LogP contribution in [0.1, 0.15) is 25.2 Å². The first-order valence-electron chi connectivity index (χ1n) is 11.2. The second-order valence-electron chi connectivity index (χ2n) is 7.48. The highest BCUT2D eigenvalue weighted by molar-refractivity contribution is 7.54. The lowest BCUT2D eigenvalue weighted by Gasteiger charge is -2.28. The van der Waals surface area contributed by atoms with Crippen molar-refractivity contribution in [3.63, 3.8) is 0 Å². The van der Waals surface area contributed by atoms with E-state index in [0.29, 0.717) is 22.0 Å². The van der Waals surface area contributed by atoms with Gasteiger partial charge in [0.1, 0.15) is 0 Å². The van der Waals surface area contributed by atoms with Gasteiger partial charge in [-0.2, -0.15) is 5.10 Å². The van der Waals surface area contributed by atoms with Gasteiger partial charge in [-0.3, -0.25) is 4.57 Å². The first-order chi connectivity index (χ1) is 16.6. The summed E-state index contributed by atoms with van der Waals surface area (Å²) in [5, 5.41) is 8.73. The molecule has 6 nitrogen and oxygen atoms in total. The Morgan fingerprint density at radius 2 is 1.50 bits per heavy atom.